The maximum atomic E-state index is 13.1. The topological polar surface area (TPSA) is 89.5 Å². The fraction of sp³-hybridized carbons (Fsp3) is 0.154. The zero-order chi connectivity index (χ0) is 18.1. The molecule has 0 spiro atoms. The molecule has 0 aliphatic rings. The number of benzene rings is 1. The number of amidine groups is 1. The third-order valence-electron chi connectivity index (χ3n) is 3.04. The molecule has 0 bridgehead atoms. The molecule has 2 aromatic rings. The Labute approximate surface area is 140 Å². The number of hydrogen-bond donors (Lipinski definition) is 2. The van der Waals surface area contributed by atoms with E-state index in [1.54, 1.807) is 7.05 Å². The summed E-state index contributed by atoms with van der Waals surface area (Å²) in [5.74, 6) is -4.27. The van der Waals surface area contributed by atoms with Crippen molar-refractivity contribution in [3.63, 3.8) is 0 Å². The van der Waals surface area contributed by atoms with Crippen LogP contribution >= 0.6 is 10.7 Å². The van der Waals surface area contributed by atoms with Crippen LogP contribution in [0, 0.1) is 17.5 Å². The molecule has 1 heterocycles. The number of nitrogens with two attached hydrogens (primary N) is 1. The van der Waals surface area contributed by atoms with Crippen LogP contribution in [-0.2, 0) is 16.1 Å². The fourth-order valence-electron chi connectivity index (χ4n) is 1.88. The third-order valence-corrected chi connectivity index (χ3v) is 4.36. The van der Waals surface area contributed by atoms with Gasteiger partial charge in [0, 0.05) is 41.7 Å². The zero-order valence-corrected chi connectivity index (χ0v) is 13.8. The van der Waals surface area contributed by atoms with Gasteiger partial charge in [-0.2, -0.15) is 0 Å². The Morgan fingerprint density at radius 1 is 1.29 bits per heavy atom. The first-order valence-corrected chi connectivity index (χ1v) is 8.70. The summed E-state index contributed by atoms with van der Waals surface area (Å²) in [5.41, 5.74) is 6.00. The van der Waals surface area contributed by atoms with E-state index in [0.717, 1.165) is 12.1 Å². The second-order valence-electron chi connectivity index (χ2n) is 4.74. The van der Waals surface area contributed by atoms with E-state index in [4.69, 9.17) is 16.4 Å². The molecule has 3 N–H and O–H groups in total. The lowest BCUT2D eigenvalue weighted by molar-refractivity contribution is 0.448. The van der Waals surface area contributed by atoms with Gasteiger partial charge in [0.2, 0.25) is 0 Å². The highest BCUT2D eigenvalue weighted by Gasteiger charge is 2.16. The monoisotopic (exact) mass is 380 g/mol. The molecule has 0 saturated heterocycles. The minimum Gasteiger partial charge on any atom is -0.382 e. The lowest BCUT2D eigenvalue weighted by atomic mass is 10.3. The zero-order valence-electron chi connectivity index (χ0n) is 12.2. The van der Waals surface area contributed by atoms with Crippen LogP contribution in [0.25, 0.3) is 0 Å². The first-order valence-electron chi connectivity index (χ1n) is 6.39. The van der Waals surface area contributed by atoms with Crippen molar-refractivity contribution < 1.29 is 21.6 Å². The molecule has 130 valence electrons. The number of aryl methyl sites for hydroxylation is 1. The van der Waals surface area contributed by atoms with Crippen LogP contribution in [0.15, 0.2) is 34.3 Å². The van der Waals surface area contributed by atoms with Crippen molar-refractivity contribution >= 4 is 31.3 Å². The number of nitrogens with zero attached hydrogens (tertiary/aromatic N) is 2. The molecule has 0 unspecified atom stereocenters. The van der Waals surface area contributed by atoms with E-state index in [1.807, 2.05) is 0 Å². The maximum Gasteiger partial charge on any atom is 0.262 e. The van der Waals surface area contributed by atoms with Gasteiger partial charge in [-0.1, -0.05) is 0 Å². The van der Waals surface area contributed by atoms with Crippen LogP contribution in [0.1, 0.15) is 5.69 Å². The highest BCUT2D eigenvalue weighted by Crippen LogP contribution is 2.18. The summed E-state index contributed by atoms with van der Waals surface area (Å²) in [4.78, 5) is 3.77. The lowest BCUT2D eigenvalue weighted by Gasteiger charge is -2.06. The van der Waals surface area contributed by atoms with Gasteiger partial charge in [-0.05, 0) is 6.07 Å². The molecule has 0 saturated carbocycles. The van der Waals surface area contributed by atoms with E-state index in [9.17, 15) is 21.6 Å². The minimum absolute atomic E-state index is 0.0281. The summed E-state index contributed by atoms with van der Waals surface area (Å²) in [6.07, 6.45) is 1.26. The van der Waals surface area contributed by atoms with Gasteiger partial charge in [-0.15, -0.1) is 0 Å². The molecule has 24 heavy (non-hydrogen) atoms. The van der Waals surface area contributed by atoms with Crippen molar-refractivity contribution in [3.8, 4) is 0 Å². The molecule has 0 radical (unpaired) electrons. The standard InChI is InChI=1S/C13H12ClF3N4O2S/c1-21-5-8(24(14,22)23)4-11(21)13(18)20-6-19-7-2-9(15)12(17)10(16)3-7/h2-5,19H,6H2,1H3,(H2,18,20). The molecule has 0 amide bonds. The molecule has 0 aliphatic carbocycles. The molecular weight excluding hydrogens is 369 g/mol. The van der Waals surface area contributed by atoms with Gasteiger partial charge in [0.1, 0.15) is 17.4 Å². The lowest BCUT2D eigenvalue weighted by Crippen LogP contribution is -2.18. The molecular formula is C13H12ClF3N4O2S. The summed E-state index contributed by atoms with van der Waals surface area (Å²) in [5, 5.41) is 2.54. The van der Waals surface area contributed by atoms with Gasteiger partial charge in [-0.3, -0.25) is 0 Å². The number of hydrogen-bond acceptors (Lipinski definition) is 4. The largest absolute Gasteiger partial charge is 0.382 e. The van der Waals surface area contributed by atoms with Crippen molar-refractivity contribution in [2.45, 2.75) is 4.90 Å². The first kappa shape index (κ1) is 18.1. The Hall–Kier alpha value is -2.20. The number of rotatable bonds is 5. The Balaban J connectivity index is 2.14. The Morgan fingerprint density at radius 2 is 1.88 bits per heavy atom. The van der Waals surface area contributed by atoms with Gasteiger partial charge < -0.3 is 15.6 Å². The van der Waals surface area contributed by atoms with Crippen molar-refractivity contribution in [3.05, 3.63) is 47.5 Å². The minimum atomic E-state index is -3.91. The summed E-state index contributed by atoms with van der Waals surface area (Å²) < 4.78 is 62.9. The highest BCUT2D eigenvalue weighted by molar-refractivity contribution is 8.13. The molecule has 1 aromatic heterocycles. The number of nitrogens with one attached hydrogen (secondary N) is 1. The van der Waals surface area contributed by atoms with E-state index in [0.29, 0.717) is 0 Å². The van der Waals surface area contributed by atoms with Gasteiger partial charge in [0.25, 0.3) is 9.05 Å². The van der Waals surface area contributed by atoms with Crippen molar-refractivity contribution in [2.75, 3.05) is 12.0 Å². The first-order chi connectivity index (χ1) is 11.1. The number of halogens is 4. The number of aliphatic imine (C=N–C) groups is 1. The quantitative estimate of drug-likeness (QED) is 0.360. The van der Waals surface area contributed by atoms with Crippen molar-refractivity contribution in [2.24, 2.45) is 17.8 Å². The molecule has 0 fully saturated rings. The van der Waals surface area contributed by atoms with Crippen molar-refractivity contribution in [1.29, 1.82) is 0 Å². The van der Waals surface area contributed by atoms with Crippen LogP contribution < -0.4 is 11.1 Å². The summed E-state index contributed by atoms with van der Waals surface area (Å²) in [7, 11) is 2.87. The van der Waals surface area contributed by atoms with Crippen LogP contribution in [-0.4, -0.2) is 25.5 Å². The number of aromatic nitrogens is 1. The van der Waals surface area contributed by atoms with E-state index in [2.05, 4.69) is 10.3 Å². The van der Waals surface area contributed by atoms with Gasteiger partial charge in [0.05, 0.1) is 5.69 Å². The van der Waals surface area contributed by atoms with E-state index >= 15 is 0 Å². The SMILES string of the molecule is Cn1cc(S(=O)(=O)Cl)cc1C(N)=NCNc1cc(F)c(F)c(F)c1. The van der Waals surface area contributed by atoms with E-state index in [-0.39, 0.29) is 28.8 Å². The molecule has 2 rings (SSSR count). The van der Waals surface area contributed by atoms with E-state index < -0.39 is 26.5 Å². The normalized spacial score (nSPS) is 12.5. The molecule has 6 nitrogen and oxygen atoms in total. The summed E-state index contributed by atoms with van der Waals surface area (Å²) in [6, 6.07) is 2.77. The predicted molar refractivity (Wildman–Crippen MR) is 84.0 cm³/mol. The van der Waals surface area contributed by atoms with Gasteiger partial charge in [0.15, 0.2) is 17.5 Å². The summed E-state index contributed by atoms with van der Waals surface area (Å²) >= 11 is 0. The maximum absolute atomic E-state index is 13.1. The molecule has 0 aliphatic heterocycles. The van der Waals surface area contributed by atoms with E-state index in [1.165, 1.54) is 16.8 Å². The Morgan fingerprint density at radius 3 is 2.38 bits per heavy atom. The third kappa shape index (κ3) is 4.01. The predicted octanol–water partition coefficient (Wildman–Crippen LogP) is 2.14. The van der Waals surface area contributed by atoms with Crippen LogP contribution in [0.3, 0.4) is 0 Å². The average molecular weight is 381 g/mol. The number of anilines is 1. The smallest absolute Gasteiger partial charge is 0.262 e. The Bertz CT molecular complexity index is 889. The van der Waals surface area contributed by atoms with Crippen LogP contribution in [0.5, 0.6) is 0 Å². The second-order valence-corrected chi connectivity index (χ2v) is 7.31. The fourth-order valence-corrected chi connectivity index (χ4v) is 2.67. The molecule has 1 aromatic carbocycles. The van der Waals surface area contributed by atoms with Crippen LogP contribution in [0.4, 0.5) is 18.9 Å². The highest BCUT2D eigenvalue weighted by atomic mass is 35.7. The summed E-state index contributed by atoms with van der Waals surface area (Å²) in [6.45, 7) is -0.176. The molecule has 0 atom stereocenters. The second kappa shape index (κ2) is 6.73. The van der Waals surface area contributed by atoms with Gasteiger partial charge >= 0.3 is 0 Å². The van der Waals surface area contributed by atoms with Crippen molar-refractivity contribution in [1.82, 2.24) is 4.57 Å². The Kier molecular flexibility index (Phi) is 5.09. The van der Waals surface area contributed by atoms with Crippen LogP contribution in [0.2, 0.25) is 0 Å². The van der Waals surface area contributed by atoms with Gasteiger partial charge in [-0.25, -0.2) is 26.6 Å². The average Bonchev–Trinajstić information content (AvgIpc) is 2.86. The molecule has 11 heteroatoms.